The third kappa shape index (κ3) is 3.97. The third-order valence-electron chi connectivity index (χ3n) is 2.88. The number of rotatable bonds is 8. The Kier molecular flexibility index (Phi) is 5.35. The molecule has 0 saturated heterocycles. The lowest BCUT2D eigenvalue weighted by molar-refractivity contribution is 0.230. The summed E-state index contributed by atoms with van der Waals surface area (Å²) in [5.74, 6) is 2.04. The maximum atomic E-state index is 5.70. The average Bonchev–Trinajstić information content (AvgIpc) is 2.93. The molecule has 0 bridgehead atoms. The number of anilines is 1. The Morgan fingerprint density at radius 1 is 1.36 bits per heavy atom. The molecule has 0 fully saturated rings. The van der Waals surface area contributed by atoms with Crippen LogP contribution in [0.3, 0.4) is 0 Å². The van der Waals surface area contributed by atoms with Crippen molar-refractivity contribution in [3.8, 4) is 11.5 Å². The highest BCUT2D eigenvalue weighted by molar-refractivity contribution is 5.44. The lowest BCUT2D eigenvalue weighted by Gasteiger charge is -2.14. The van der Waals surface area contributed by atoms with Gasteiger partial charge in [-0.05, 0) is 42.0 Å². The zero-order valence-electron chi connectivity index (χ0n) is 13.1. The molecule has 0 radical (unpaired) electrons. The minimum Gasteiger partial charge on any atom is -0.493 e. The van der Waals surface area contributed by atoms with Crippen molar-refractivity contribution < 1.29 is 9.47 Å². The predicted molar refractivity (Wildman–Crippen MR) is 84.1 cm³/mol. The van der Waals surface area contributed by atoms with Crippen molar-refractivity contribution in [2.45, 2.75) is 33.0 Å². The van der Waals surface area contributed by atoms with E-state index in [9.17, 15) is 0 Å². The van der Waals surface area contributed by atoms with E-state index in [0.717, 1.165) is 11.3 Å². The summed E-state index contributed by atoms with van der Waals surface area (Å²) in [6.45, 7) is 8.77. The number of methoxy groups -OCH3 is 1. The summed E-state index contributed by atoms with van der Waals surface area (Å²) in [6.07, 6.45) is 1.84. The van der Waals surface area contributed by atoms with Crippen molar-refractivity contribution in [1.82, 2.24) is 20.2 Å². The Balaban J connectivity index is 2.06. The zero-order valence-corrected chi connectivity index (χ0v) is 13.1. The molecule has 1 aromatic heterocycles. The van der Waals surface area contributed by atoms with Crippen molar-refractivity contribution in [1.29, 1.82) is 0 Å². The number of ether oxygens (including phenoxy) is 2. The largest absolute Gasteiger partial charge is 0.493 e. The fraction of sp³-hybridized carbons (Fsp3) is 0.400. The molecule has 118 valence electrons. The van der Waals surface area contributed by atoms with Crippen LogP contribution in [0.4, 0.5) is 5.95 Å². The van der Waals surface area contributed by atoms with Gasteiger partial charge in [-0.15, -0.1) is 6.58 Å². The average molecular weight is 303 g/mol. The molecule has 0 spiro atoms. The second-order valence-corrected chi connectivity index (χ2v) is 4.98. The van der Waals surface area contributed by atoms with Gasteiger partial charge in [0.2, 0.25) is 5.95 Å². The summed E-state index contributed by atoms with van der Waals surface area (Å²) < 4.78 is 12.7. The molecule has 0 aliphatic rings. The van der Waals surface area contributed by atoms with Gasteiger partial charge < -0.3 is 14.8 Å². The maximum absolute atomic E-state index is 5.70. The first-order valence-corrected chi connectivity index (χ1v) is 7.08. The summed E-state index contributed by atoms with van der Waals surface area (Å²) in [6, 6.07) is 5.82. The molecule has 2 aromatic rings. The molecular formula is C15H21N5O2. The first kappa shape index (κ1) is 15.8. The van der Waals surface area contributed by atoms with Gasteiger partial charge >= 0.3 is 0 Å². The second-order valence-electron chi connectivity index (χ2n) is 4.98. The van der Waals surface area contributed by atoms with E-state index in [1.807, 2.05) is 32.0 Å². The SMILES string of the molecule is C=CCn1nnnc1NCc1ccc(OC(C)C)c(OC)c1. The number of tetrazole rings is 1. The summed E-state index contributed by atoms with van der Waals surface area (Å²) in [5, 5.41) is 14.6. The summed E-state index contributed by atoms with van der Waals surface area (Å²) >= 11 is 0. The minimum absolute atomic E-state index is 0.0985. The maximum Gasteiger partial charge on any atom is 0.243 e. The van der Waals surface area contributed by atoms with E-state index >= 15 is 0 Å². The summed E-state index contributed by atoms with van der Waals surface area (Å²) in [7, 11) is 1.63. The normalized spacial score (nSPS) is 10.5. The zero-order chi connectivity index (χ0) is 15.9. The molecule has 7 nitrogen and oxygen atoms in total. The van der Waals surface area contributed by atoms with Gasteiger partial charge in [-0.2, -0.15) is 0 Å². The van der Waals surface area contributed by atoms with Gasteiger partial charge in [-0.3, -0.25) is 0 Å². The number of hydrogen-bond donors (Lipinski definition) is 1. The van der Waals surface area contributed by atoms with E-state index < -0.39 is 0 Å². The minimum atomic E-state index is 0.0985. The fourth-order valence-corrected chi connectivity index (χ4v) is 1.93. The van der Waals surface area contributed by atoms with Crippen LogP contribution in [-0.2, 0) is 13.1 Å². The van der Waals surface area contributed by atoms with Crippen molar-refractivity contribution in [3.63, 3.8) is 0 Å². The van der Waals surface area contributed by atoms with Crippen molar-refractivity contribution in [2.75, 3.05) is 12.4 Å². The Morgan fingerprint density at radius 2 is 2.18 bits per heavy atom. The van der Waals surface area contributed by atoms with Crippen LogP contribution in [0.1, 0.15) is 19.4 Å². The molecule has 0 aliphatic carbocycles. The molecule has 1 aromatic carbocycles. The van der Waals surface area contributed by atoms with Crippen molar-refractivity contribution in [2.24, 2.45) is 0 Å². The van der Waals surface area contributed by atoms with Crippen LogP contribution in [0, 0.1) is 0 Å². The molecule has 2 rings (SSSR count). The van der Waals surface area contributed by atoms with Gasteiger partial charge in [0.15, 0.2) is 11.5 Å². The highest BCUT2D eigenvalue weighted by Gasteiger charge is 2.09. The Labute approximate surface area is 129 Å². The van der Waals surface area contributed by atoms with Crippen LogP contribution < -0.4 is 14.8 Å². The number of aromatic nitrogens is 4. The Hall–Kier alpha value is -2.57. The Morgan fingerprint density at radius 3 is 2.86 bits per heavy atom. The fourth-order valence-electron chi connectivity index (χ4n) is 1.93. The van der Waals surface area contributed by atoms with E-state index in [4.69, 9.17) is 9.47 Å². The van der Waals surface area contributed by atoms with E-state index in [1.165, 1.54) is 0 Å². The smallest absolute Gasteiger partial charge is 0.243 e. The van der Waals surface area contributed by atoms with Gasteiger partial charge in [-0.1, -0.05) is 17.2 Å². The van der Waals surface area contributed by atoms with Gasteiger partial charge in [-0.25, -0.2) is 4.68 Å². The Bertz CT molecular complexity index is 624. The van der Waals surface area contributed by atoms with Crippen LogP contribution in [-0.4, -0.2) is 33.4 Å². The number of nitrogens with one attached hydrogen (secondary N) is 1. The van der Waals surface area contributed by atoms with Crippen molar-refractivity contribution >= 4 is 5.95 Å². The highest BCUT2D eigenvalue weighted by atomic mass is 16.5. The molecule has 1 N–H and O–H groups in total. The number of benzene rings is 1. The second kappa shape index (κ2) is 7.44. The van der Waals surface area contributed by atoms with Crippen LogP contribution in [0.5, 0.6) is 11.5 Å². The molecule has 0 atom stereocenters. The topological polar surface area (TPSA) is 74.1 Å². The number of hydrogen-bond acceptors (Lipinski definition) is 6. The molecule has 22 heavy (non-hydrogen) atoms. The van der Waals surface area contributed by atoms with E-state index in [1.54, 1.807) is 17.9 Å². The first-order valence-electron chi connectivity index (χ1n) is 7.08. The summed E-state index contributed by atoms with van der Waals surface area (Å²) in [4.78, 5) is 0. The molecule has 0 aliphatic heterocycles. The summed E-state index contributed by atoms with van der Waals surface area (Å²) in [5.41, 5.74) is 1.04. The van der Waals surface area contributed by atoms with Gasteiger partial charge in [0.25, 0.3) is 0 Å². The van der Waals surface area contributed by atoms with Crippen LogP contribution >= 0.6 is 0 Å². The quantitative estimate of drug-likeness (QED) is 0.754. The number of allylic oxidation sites excluding steroid dienone is 1. The third-order valence-corrected chi connectivity index (χ3v) is 2.88. The molecule has 1 heterocycles. The first-order chi connectivity index (χ1) is 10.6. The predicted octanol–water partition coefficient (Wildman–Crippen LogP) is 2.27. The van der Waals surface area contributed by atoms with Crippen molar-refractivity contribution in [3.05, 3.63) is 36.4 Å². The monoisotopic (exact) mass is 303 g/mol. The van der Waals surface area contributed by atoms with Crippen LogP contribution in [0.25, 0.3) is 0 Å². The van der Waals surface area contributed by atoms with Gasteiger partial charge in [0, 0.05) is 6.54 Å². The molecular weight excluding hydrogens is 282 g/mol. The standard InChI is InChI=1S/C15H21N5O2/c1-5-8-20-15(17-18-19-20)16-10-12-6-7-13(22-11(2)3)14(9-12)21-4/h5-7,9,11H,1,8,10H2,2-4H3,(H,16,17,19). The molecule has 0 unspecified atom stereocenters. The number of nitrogens with zero attached hydrogens (tertiary/aromatic N) is 4. The van der Waals surface area contributed by atoms with E-state index in [-0.39, 0.29) is 6.10 Å². The van der Waals surface area contributed by atoms with E-state index in [2.05, 4.69) is 27.4 Å². The molecule has 7 heteroatoms. The van der Waals surface area contributed by atoms with Crippen LogP contribution in [0.2, 0.25) is 0 Å². The lowest BCUT2D eigenvalue weighted by atomic mass is 10.2. The molecule has 0 saturated carbocycles. The van der Waals surface area contributed by atoms with Gasteiger partial charge in [0.1, 0.15) is 0 Å². The molecule has 0 amide bonds. The van der Waals surface area contributed by atoms with Gasteiger partial charge in [0.05, 0.1) is 19.8 Å². The van der Waals surface area contributed by atoms with Crippen LogP contribution in [0.15, 0.2) is 30.9 Å². The highest BCUT2D eigenvalue weighted by Crippen LogP contribution is 2.29. The lowest BCUT2D eigenvalue weighted by Crippen LogP contribution is -2.09. The van der Waals surface area contributed by atoms with E-state index in [0.29, 0.717) is 24.8 Å².